The topological polar surface area (TPSA) is 97.3 Å². The van der Waals surface area contributed by atoms with E-state index in [0.29, 0.717) is 12.2 Å². The zero-order valence-electron chi connectivity index (χ0n) is 15.1. The molecular weight excluding hydrogens is 354 g/mol. The molecule has 0 bridgehead atoms. The number of carbonyl (C=O) groups is 1. The summed E-state index contributed by atoms with van der Waals surface area (Å²) >= 11 is 0. The van der Waals surface area contributed by atoms with Crippen molar-refractivity contribution >= 4 is 21.6 Å². The van der Waals surface area contributed by atoms with Gasteiger partial charge >= 0.3 is 0 Å². The van der Waals surface area contributed by atoms with Crippen molar-refractivity contribution in [3.63, 3.8) is 0 Å². The summed E-state index contributed by atoms with van der Waals surface area (Å²) in [4.78, 5) is 24.6. The summed E-state index contributed by atoms with van der Waals surface area (Å²) in [6.07, 6.45) is 0.788. The largest absolute Gasteiger partial charge is 0.355 e. The molecule has 0 radical (unpaired) electrons. The molecule has 0 saturated carbocycles. The molecule has 140 valence electrons. The van der Waals surface area contributed by atoms with Gasteiger partial charge in [-0.2, -0.15) is 0 Å². The Labute approximate surface area is 153 Å². The Bertz CT molecular complexity index is 947. The van der Waals surface area contributed by atoms with Crippen LogP contribution in [0.3, 0.4) is 0 Å². The molecule has 1 amide bonds. The Kier molecular flexibility index (Phi) is 6.20. The van der Waals surface area contributed by atoms with Gasteiger partial charge in [-0.1, -0.05) is 24.6 Å². The third-order valence-corrected chi connectivity index (χ3v) is 5.22. The van der Waals surface area contributed by atoms with Gasteiger partial charge in [0.05, 0.1) is 4.90 Å². The number of carbonyl (C=O) groups excluding carboxylic acids is 1. The first-order valence-electron chi connectivity index (χ1n) is 8.31. The standard InChI is InChI=1S/C18H23N3O4S/c1-4-11-19-17(22)12-21-14(3)7-10-16(18(21)23)20-26(24,25)15-8-5-13(2)6-9-15/h5-10,20H,4,11-12H2,1-3H3,(H,19,22). The van der Waals surface area contributed by atoms with E-state index in [4.69, 9.17) is 0 Å². The predicted octanol–water partition coefficient (Wildman–Crippen LogP) is 1.79. The Balaban J connectivity index is 2.30. The maximum atomic E-state index is 12.6. The van der Waals surface area contributed by atoms with E-state index in [9.17, 15) is 18.0 Å². The fourth-order valence-corrected chi connectivity index (χ4v) is 3.39. The summed E-state index contributed by atoms with van der Waals surface area (Å²) < 4.78 is 28.5. The SMILES string of the molecule is CCCNC(=O)Cn1c(C)ccc(NS(=O)(=O)c2ccc(C)cc2)c1=O. The minimum atomic E-state index is -3.89. The Morgan fingerprint density at radius 2 is 1.73 bits per heavy atom. The highest BCUT2D eigenvalue weighted by Crippen LogP contribution is 2.14. The molecule has 0 saturated heterocycles. The zero-order chi connectivity index (χ0) is 19.3. The first kappa shape index (κ1) is 19.7. The molecule has 0 aliphatic heterocycles. The monoisotopic (exact) mass is 377 g/mol. The van der Waals surface area contributed by atoms with Crippen molar-refractivity contribution in [2.24, 2.45) is 0 Å². The van der Waals surface area contributed by atoms with Crippen LogP contribution in [-0.4, -0.2) is 25.4 Å². The summed E-state index contributed by atoms with van der Waals surface area (Å²) in [5.74, 6) is -0.296. The van der Waals surface area contributed by atoms with Gasteiger partial charge in [-0.05, 0) is 44.5 Å². The Morgan fingerprint density at radius 3 is 2.35 bits per heavy atom. The molecule has 7 nitrogen and oxygen atoms in total. The summed E-state index contributed by atoms with van der Waals surface area (Å²) in [5, 5.41) is 2.70. The number of anilines is 1. The second kappa shape index (κ2) is 8.18. The number of benzene rings is 1. The van der Waals surface area contributed by atoms with Gasteiger partial charge < -0.3 is 9.88 Å². The van der Waals surface area contributed by atoms with Gasteiger partial charge in [0.15, 0.2) is 0 Å². The highest BCUT2D eigenvalue weighted by Gasteiger charge is 2.17. The minimum Gasteiger partial charge on any atom is -0.355 e. The Hall–Kier alpha value is -2.61. The number of sulfonamides is 1. The number of hydrogen-bond acceptors (Lipinski definition) is 4. The average Bonchev–Trinajstić information content (AvgIpc) is 2.59. The zero-order valence-corrected chi connectivity index (χ0v) is 15.9. The third kappa shape index (κ3) is 4.72. The second-order valence-corrected chi connectivity index (χ2v) is 7.73. The van der Waals surface area contributed by atoms with Crippen molar-refractivity contribution in [3.05, 3.63) is 58.0 Å². The number of nitrogens with one attached hydrogen (secondary N) is 2. The third-order valence-electron chi connectivity index (χ3n) is 3.84. The fraction of sp³-hybridized carbons (Fsp3) is 0.333. The van der Waals surface area contributed by atoms with Crippen molar-refractivity contribution in [3.8, 4) is 0 Å². The molecule has 1 aromatic carbocycles. The van der Waals surface area contributed by atoms with Crippen LogP contribution in [0.25, 0.3) is 0 Å². The van der Waals surface area contributed by atoms with E-state index in [1.807, 2.05) is 13.8 Å². The molecule has 1 heterocycles. The highest BCUT2D eigenvalue weighted by molar-refractivity contribution is 7.92. The van der Waals surface area contributed by atoms with Crippen LogP contribution in [0.5, 0.6) is 0 Å². The van der Waals surface area contributed by atoms with Gasteiger partial charge in [0, 0.05) is 12.2 Å². The van der Waals surface area contributed by atoms with Gasteiger partial charge in [0.2, 0.25) is 5.91 Å². The van der Waals surface area contributed by atoms with Crippen LogP contribution in [0.15, 0.2) is 46.1 Å². The second-order valence-electron chi connectivity index (χ2n) is 6.05. The molecule has 2 N–H and O–H groups in total. The van der Waals surface area contributed by atoms with Gasteiger partial charge in [0.25, 0.3) is 15.6 Å². The number of aromatic nitrogens is 1. The van der Waals surface area contributed by atoms with Crippen molar-refractivity contribution in [1.29, 1.82) is 0 Å². The van der Waals surface area contributed by atoms with E-state index in [0.717, 1.165) is 12.0 Å². The molecule has 26 heavy (non-hydrogen) atoms. The highest BCUT2D eigenvalue weighted by atomic mass is 32.2. The molecular formula is C18H23N3O4S. The number of aryl methyl sites for hydroxylation is 2. The molecule has 0 fully saturated rings. The van der Waals surface area contributed by atoms with Crippen LogP contribution in [0.1, 0.15) is 24.6 Å². The van der Waals surface area contributed by atoms with E-state index in [-0.39, 0.29) is 23.0 Å². The first-order chi connectivity index (χ1) is 12.2. The smallest absolute Gasteiger partial charge is 0.275 e. The number of hydrogen-bond donors (Lipinski definition) is 2. The van der Waals surface area contributed by atoms with E-state index in [1.54, 1.807) is 25.1 Å². The van der Waals surface area contributed by atoms with Crippen LogP contribution in [0.4, 0.5) is 5.69 Å². The Morgan fingerprint density at radius 1 is 1.08 bits per heavy atom. The van der Waals surface area contributed by atoms with Crippen LogP contribution >= 0.6 is 0 Å². The molecule has 2 rings (SSSR count). The number of amides is 1. The lowest BCUT2D eigenvalue weighted by atomic mass is 10.2. The first-order valence-corrected chi connectivity index (χ1v) is 9.79. The van der Waals surface area contributed by atoms with E-state index in [2.05, 4.69) is 10.0 Å². The molecule has 0 aliphatic rings. The summed E-state index contributed by atoms with van der Waals surface area (Å²) in [5.41, 5.74) is 0.839. The van der Waals surface area contributed by atoms with Gasteiger partial charge in [-0.15, -0.1) is 0 Å². The fourth-order valence-electron chi connectivity index (χ4n) is 2.33. The maximum absolute atomic E-state index is 12.6. The maximum Gasteiger partial charge on any atom is 0.275 e. The minimum absolute atomic E-state index is 0.0651. The molecule has 0 spiro atoms. The van der Waals surface area contributed by atoms with Crippen molar-refractivity contribution < 1.29 is 13.2 Å². The van der Waals surface area contributed by atoms with Crippen molar-refractivity contribution in [2.75, 3.05) is 11.3 Å². The lowest BCUT2D eigenvalue weighted by Gasteiger charge is -2.13. The summed E-state index contributed by atoms with van der Waals surface area (Å²) in [6, 6.07) is 9.32. The van der Waals surface area contributed by atoms with Crippen LogP contribution in [-0.2, 0) is 21.4 Å². The lowest BCUT2D eigenvalue weighted by molar-refractivity contribution is -0.121. The quantitative estimate of drug-likeness (QED) is 0.769. The molecule has 2 aromatic rings. The van der Waals surface area contributed by atoms with E-state index in [1.165, 1.54) is 22.8 Å². The molecule has 0 atom stereocenters. The van der Waals surface area contributed by atoms with E-state index >= 15 is 0 Å². The molecule has 8 heteroatoms. The van der Waals surface area contributed by atoms with Crippen LogP contribution < -0.4 is 15.6 Å². The van der Waals surface area contributed by atoms with Crippen molar-refractivity contribution in [1.82, 2.24) is 9.88 Å². The average molecular weight is 377 g/mol. The normalized spacial score (nSPS) is 11.2. The number of pyridine rings is 1. The molecule has 0 aliphatic carbocycles. The summed E-state index contributed by atoms with van der Waals surface area (Å²) in [6.45, 7) is 5.83. The lowest BCUT2D eigenvalue weighted by Crippen LogP contribution is -2.35. The van der Waals surface area contributed by atoms with Gasteiger partial charge in [-0.25, -0.2) is 8.42 Å². The van der Waals surface area contributed by atoms with Crippen LogP contribution in [0.2, 0.25) is 0 Å². The predicted molar refractivity (Wildman–Crippen MR) is 101 cm³/mol. The van der Waals surface area contributed by atoms with E-state index < -0.39 is 15.6 Å². The van der Waals surface area contributed by atoms with Gasteiger partial charge in [-0.3, -0.25) is 14.3 Å². The number of nitrogens with zero attached hydrogens (tertiary/aromatic N) is 1. The number of rotatable bonds is 7. The van der Waals surface area contributed by atoms with Crippen LogP contribution in [0, 0.1) is 13.8 Å². The van der Waals surface area contributed by atoms with Crippen molar-refractivity contribution in [2.45, 2.75) is 38.6 Å². The molecule has 0 unspecified atom stereocenters. The summed E-state index contributed by atoms with van der Waals surface area (Å²) in [7, 11) is -3.89. The molecule has 1 aromatic heterocycles. The van der Waals surface area contributed by atoms with Gasteiger partial charge in [0.1, 0.15) is 12.2 Å².